The molecule has 0 heterocycles. The standard InChI is InChI=1S/C16H17NO3/c18-14-8-6-12(7-9-14)10-15(16(19)20)17-11-13-4-2-1-3-5-13/h1-9,15,17-18H,10-11H2,(H,19,20)/t15-/m1/s1. The number of benzene rings is 2. The van der Waals surface area contributed by atoms with Crippen LogP contribution in [0.25, 0.3) is 0 Å². The van der Waals surface area contributed by atoms with E-state index in [0.29, 0.717) is 13.0 Å². The second-order valence-electron chi connectivity index (χ2n) is 4.63. The summed E-state index contributed by atoms with van der Waals surface area (Å²) < 4.78 is 0. The highest BCUT2D eigenvalue weighted by molar-refractivity contribution is 5.73. The molecule has 4 nitrogen and oxygen atoms in total. The Bertz CT molecular complexity index is 552. The van der Waals surface area contributed by atoms with Crippen LogP contribution in [0.3, 0.4) is 0 Å². The molecule has 0 amide bonds. The fourth-order valence-electron chi connectivity index (χ4n) is 1.95. The van der Waals surface area contributed by atoms with Gasteiger partial charge in [0, 0.05) is 6.54 Å². The molecule has 0 fully saturated rings. The average Bonchev–Trinajstić information content (AvgIpc) is 2.46. The van der Waals surface area contributed by atoms with Gasteiger partial charge >= 0.3 is 5.97 Å². The molecule has 0 bridgehead atoms. The number of hydrogen-bond acceptors (Lipinski definition) is 3. The zero-order valence-electron chi connectivity index (χ0n) is 11.0. The van der Waals surface area contributed by atoms with Crippen molar-refractivity contribution in [3.05, 3.63) is 65.7 Å². The zero-order chi connectivity index (χ0) is 14.4. The van der Waals surface area contributed by atoms with E-state index in [0.717, 1.165) is 11.1 Å². The van der Waals surface area contributed by atoms with Crippen LogP contribution in [0, 0.1) is 0 Å². The van der Waals surface area contributed by atoms with E-state index < -0.39 is 12.0 Å². The second-order valence-corrected chi connectivity index (χ2v) is 4.63. The van der Waals surface area contributed by atoms with Gasteiger partial charge in [-0.1, -0.05) is 42.5 Å². The molecule has 0 saturated carbocycles. The number of hydrogen-bond donors (Lipinski definition) is 3. The summed E-state index contributed by atoms with van der Waals surface area (Å²) in [5, 5.41) is 21.5. The Morgan fingerprint density at radius 1 is 1.00 bits per heavy atom. The Morgan fingerprint density at radius 2 is 1.65 bits per heavy atom. The van der Waals surface area contributed by atoms with E-state index >= 15 is 0 Å². The van der Waals surface area contributed by atoms with Crippen LogP contribution in [-0.4, -0.2) is 22.2 Å². The van der Waals surface area contributed by atoms with Crippen LogP contribution in [0.1, 0.15) is 11.1 Å². The molecule has 2 aromatic carbocycles. The molecule has 0 aliphatic carbocycles. The molecule has 0 radical (unpaired) electrons. The van der Waals surface area contributed by atoms with Gasteiger partial charge in [-0.3, -0.25) is 4.79 Å². The molecule has 0 saturated heterocycles. The maximum Gasteiger partial charge on any atom is 0.321 e. The van der Waals surface area contributed by atoms with E-state index in [4.69, 9.17) is 0 Å². The van der Waals surface area contributed by atoms with Crippen molar-refractivity contribution in [1.29, 1.82) is 0 Å². The number of rotatable bonds is 6. The molecular weight excluding hydrogens is 254 g/mol. The van der Waals surface area contributed by atoms with Crippen molar-refractivity contribution < 1.29 is 15.0 Å². The maximum atomic E-state index is 11.3. The molecule has 3 N–H and O–H groups in total. The van der Waals surface area contributed by atoms with Crippen molar-refractivity contribution in [2.75, 3.05) is 0 Å². The van der Waals surface area contributed by atoms with Gasteiger partial charge in [-0.2, -0.15) is 0 Å². The van der Waals surface area contributed by atoms with Crippen LogP contribution in [-0.2, 0) is 17.8 Å². The minimum atomic E-state index is -0.881. The minimum absolute atomic E-state index is 0.179. The first-order valence-electron chi connectivity index (χ1n) is 6.43. The predicted molar refractivity (Wildman–Crippen MR) is 76.5 cm³/mol. The van der Waals surface area contributed by atoms with Gasteiger partial charge in [0.05, 0.1) is 0 Å². The molecular formula is C16H17NO3. The smallest absolute Gasteiger partial charge is 0.321 e. The summed E-state index contributed by atoms with van der Waals surface area (Å²) in [5.74, 6) is -0.702. The number of aromatic hydroxyl groups is 1. The lowest BCUT2D eigenvalue weighted by molar-refractivity contribution is -0.139. The van der Waals surface area contributed by atoms with Crippen molar-refractivity contribution >= 4 is 5.97 Å². The Morgan fingerprint density at radius 3 is 2.25 bits per heavy atom. The summed E-state index contributed by atoms with van der Waals surface area (Å²) in [7, 11) is 0. The van der Waals surface area contributed by atoms with E-state index in [-0.39, 0.29) is 5.75 Å². The normalized spacial score (nSPS) is 12.0. The topological polar surface area (TPSA) is 69.6 Å². The van der Waals surface area contributed by atoms with E-state index in [1.807, 2.05) is 30.3 Å². The molecule has 0 aliphatic heterocycles. The molecule has 0 unspecified atom stereocenters. The third-order valence-corrected chi connectivity index (χ3v) is 3.07. The predicted octanol–water partition coefficient (Wildman–Crippen LogP) is 2.18. The summed E-state index contributed by atoms with van der Waals surface area (Å²) >= 11 is 0. The van der Waals surface area contributed by atoms with Crippen molar-refractivity contribution in [3.8, 4) is 5.75 Å². The van der Waals surface area contributed by atoms with Crippen LogP contribution in [0.5, 0.6) is 5.75 Å². The van der Waals surface area contributed by atoms with Crippen LogP contribution in [0.15, 0.2) is 54.6 Å². The molecule has 20 heavy (non-hydrogen) atoms. The molecule has 0 aromatic heterocycles. The highest BCUT2D eigenvalue weighted by Gasteiger charge is 2.17. The molecule has 2 rings (SSSR count). The van der Waals surface area contributed by atoms with Crippen molar-refractivity contribution in [3.63, 3.8) is 0 Å². The van der Waals surface area contributed by atoms with Gasteiger partial charge in [0.2, 0.25) is 0 Å². The van der Waals surface area contributed by atoms with Crippen LogP contribution >= 0.6 is 0 Å². The SMILES string of the molecule is O=C(O)[C@@H](Cc1ccc(O)cc1)NCc1ccccc1. The molecule has 2 aromatic rings. The van der Waals surface area contributed by atoms with E-state index in [1.54, 1.807) is 24.3 Å². The quantitative estimate of drug-likeness (QED) is 0.753. The third kappa shape index (κ3) is 4.10. The zero-order valence-corrected chi connectivity index (χ0v) is 11.0. The van der Waals surface area contributed by atoms with Gasteiger partial charge in [-0.25, -0.2) is 0 Å². The lowest BCUT2D eigenvalue weighted by Gasteiger charge is -2.14. The van der Waals surface area contributed by atoms with Gasteiger partial charge in [-0.05, 0) is 29.7 Å². The Kier molecular flexibility index (Phi) is 4.74. The van der Waals surface area contributed by atoms with Gasteiger partial charge in [-0.15, -0.1) is 0 Å². The van der Waals surface area contributed by atoms with Crippen LogP contribution in [0.2, 0.25) is 0 Å². The number of carboxylic acids is 1. The summed E-state index contributed by atoms with van der Waals surface area (Å²) in [4.78, 5) is 11.3. The first-order valence-corrected chi connectivity index (χ1v) is 6.43. The fourth-order valence-corrected chi connectivity index (χ4v) is 1.95. The molecule has 0 aliphatic rings. The van der Waals surface area contributed by atoms with Crippen molar-refractivity contribution in [2.24, 2.45) is 0 Å². The van der Waals surface area contributed by atoms with Gasteiger partial charge in [0.1, 0.15) is 11.8 Å². The Labute approximate surface area is 117 Å². The van der Waals surface area contributed by atoms with Crippen molar-refractivity contribution in [2.45, 2.75) is 19.0 Å². The summed E-state index contributed by atoms with van der Waals surface area (Å²) in [6, 6.07) is 15.6. The third-order valence-electron chi connectivity index (χ3n) is 3.07. The van der Waals surface area contributed by atoms with Crippen LogP contribution < -0.4 is 5.32 Å². The monoisotopic (exact) mass is 271 g/mol. The number of aliphatic carboxylic acids is 1. The molecule has 104 valence electrons. The van der Waals surface area contributed by atoms with E-state index in [2.05, 4.69) is 5.32 Å². The number of carbonyl (C=O) groups is 1. The summed E-state index contributed by atoms with van der Waals surface area (Å²) in [6.07, 6.45) is 0.377. The molecule has 0 spiro atoms. The van der Waals surface area contributed by atoms with E-state index in [1.165, 1.54) is 0 Å². The number of nitrogens with one attached hydrogen (secondary N) is 1. The number of phenols is 1. The van der Waals surface area contributed by atoms with Gasteiger partial charge in [0.15, 0.2) is 0 Å². The highest BCUT2D eigenvalue weighted by atomic mass is 16.4. The largest absolute Gasteiger partial charge is 0.508 e. The Hall–Kier alpha value is -2.33. The van der Waals surface area contributed by atoms with Gasteiger partial charge in [0.25, 0.3) is 0 Å². The van der Waals surface area contributed by atoms with Crippen LogP contribution in [0.4, 0.5) is 0 Å². The second kappa shape index (κ2) is 6.73. The number of carboxylic acid groups (broad SMARTS) is 1. The summed E-state index contributed by atoms with van der Waals surface area (Å²) in [6.45, 7) is 0.510. The lowest BCUT2D eigenvalue weighted by Crippen LogP contribution is -2.38. The first-order chi connectivity index (χ1) is 9.65. The lowest BCUT2D eigenvalue weighted by atomic mass is 10.1. The molecule has 4 heteroatoms. The molecule has 1 atom stereocenters. The summed E-state index contributed by atoms with van der Waals surface area (Å²) in [5.41, 5.74) is 1.92. The highest BCUT2D eigenvalue weighted by Crippen LogP contribution is 2.11. The average molecular weight is 271 g/mol. The number of phenolic OH excluding ortho intramolecular Hbond substituents is 1. The van der Waals surface area contributed by atoms with E-state index in [9.17, 15) is 15.0 Å². The van der Waals surface area contributed by atoms with Crippen molar-refractivity contribution in [1.82, 2.24) is 5.32 Å². The maximum absolute atomic E-state index is 11.3. The fraction of sp³-hybridized carbons (Fsp3) is 0.188. The van der Waals surface area contributed by atoms with Gasteiger partial charge < -0.3 is 15.5 Å². The Balaban J connectivity index is 1.97. The first kappa shape index (κ1) is 14.1. The minimum Gasteiger partial charge on any atom is -0.508 e.